The fourth-order valence-electron chi connectivity index (χ4n) is 0.196. The van der Waals surface area contributed by atoms with Gasteiger partial charge in [-0.05, 0) is 18.3 Å². The predicted octanol–water partition coefficient (Wildman–Crippen LogP) is 1.90. The summed E-state index contributed by atoms with van der Waals surface area (Å²) in [5.74, 6) is -0.255. The molecular weight excluding hydrogens is 110 g/mol. The van der Waals surface area contributed by atoms with Gasteiger partial charge in [0.2, 0.25) is 0 Å². The topological polar surface area (TPSA) is 0 Å². The molecule has 7 heavy (non-hydrogen) atoms. The Kier molecular flexibility index (Phi) is 3.92. The molecule has 1 atom stereocenters. The molecular formula is C5H8FP. The Bertz CT molecular complexity index is 86.1. The molecule has 0 aromatic carbocycles. The normalized spacial score (nSPS) is 11.4. The number of hydrogen-bond donors (Lipinski definition) is 0. The molecule has 0 saturated carbocycles. The smallest absolute Gasteiger partial charge is 0.118 e. The summed E-state index contributed by atoms with van der Waals surface area (Å²) in [5.41, 5.74) is 0. The van der Waals surface area contributed by atoms with Crippen molar-refractivity contribution >= 4 is 9.24 Å². The van der Waals surface area contributed by atoms with Gasteiger partial charge in [-0.15, -0.1) is 9.24 Å². The van der Waals surface area contributed by atoms with E-state index < -0.39 is 0 Å². The molecule has 0 amide bonds. The second-order valence-corrected chi connectivity index (χ2v) is 1.50. The monoisotopic (exact) mass is 118 g/mol. The molecule has 0 aromatic heterocycles. The average Bonchev–Trinajstić information content (AvgIpc) is 1.68. The summed E-state index contributed by atoms with van der Waals surface area (Å²) in [6.07, 6.45) is 3.28. The highest BCUT2D eigenvalue weighted by atomic mass is 31.0. The van der Waals surface area contributed by atoms with Gasteiger partial charge >= 0.3 is 0 Å². The van der Waals surface area contributed by atoms with E-state index in [2.05, 4.69) is 15.8 Å². The second-order valence-electron chi connectivity index (χ2n) is 1.03. The molecule has 0 spiro atoms. The third kappa shape index (κ3) is 3.68. The van der Waals surface area contributed by atoms with E-state index in [1.807, 2.05) is 0 Å². The lowest BCUT2D eigenvalue weighted by Gasteiger charge is -1.78. The Labute approximate surface area is 45.3 Å². The lowest BCUT2D eigenvalue weighted by atomic mass is 10.5. The van der Waals surface area contributed by atoms with E-state index in [0.717, 1.165) is 0 Å². The Morgan fingerprint density at radius 1 is 1.86 bits per heavy atom. The standard InChI is InChI=1S/C5H8FP/c1-2-5(6)3-4-7/h2-3H,1,4,7H2/b5-3+. The molecule has 0 radical (unpaired) electrons. The van der Waals surface area contributed by atoms with E-state index >= 15 is 0 Å². The maximum atomic E-state index is 11.9. The van der Waals surface area contributed by atoms with Crippen LogP contribution in [0.2, 0.25) is 0 Å². The van der Waals surface area contributed by atoms with Gasteiger partial charge in [0.15, 0.2) is 0 Å². The van der Waals surface area contributed by atoms with Crippen LogP contribution in [-0.2, 0) is 0 Å². The zero-order valence-electron chi connectivity index (χ0n) is 4.02. The number of rotatable bonds is 2. The SMILES string of the molecule is C=C/C(F)=C\CP. The summed E-state index contributed by atoms with van der Waals surface area (Å²) < 4.78 is 11.9. The third-order valence-corrected chi connectivity index (χ3v) is 0.744. The minimum atomic E-state index is -0.255. The van der Waals surface area contributed by atoms with Gasteiger partial charge < -0.3 is 0 Å². The van der Waals surface area contributed by atoms with E-state index in [-0.39, 0.29) is 5.83 Å². The molecule has 0 aromatic rings. The molecule has 0 aliphatic carbocycles. The minimum Gasteiger partial charge on any atom is -0.207 e. The van der Waals surface area contributed by atoms with Crippen LogP contribution < -0.4 is 0 Å². The summed E-state index contributed by atoms with van der Waals surface area (Å²) in [6, 6.07) is 0. The Hall–Kier alpha value is -0.160. The summed E-state index contributed by atoms with van der Waals surface area (Å²) in [4.78, 5) is 0. The maximum Gasteiger partial charge on any atom is 0.118 e. The van der Waals surface area contributed by atoms with Gasteiger partial charge in [0.1, 0.15) is 5.83 Å². The zero-order valence-corrected chi connectivity index (χ0v) is 5.18. The molecule has 0 heterocycles. The van der Waals surface area contributed by atoms with Crippen molar-refractivity contribution in [3.63, 3.8) is 0 Å². The van der Waals surface area contributed by atoms with E-state index in [4.69, 9.17) is 0 Å². The van der Waals surface area contributed by atoms with Gasteiger partial charge in [-0.2, -0.15) is 0 Å². The molecule has 2 heteroatoms. The Morgan fingerprint density at radius 2 is 2.43 bits per heavy atom. The van der Waals surface area contributed by atoms with Crippen molar-refractivity contribution in [3.05, 3.63) is 24.6 Å². The summed E-state index contributed by atoms with van der Waals surface area (Å²) >= 11 is 0. The first kappa shape index (κ1) is 6.84. The molecule has 0 rings (SSSR count). The Morgan fingerprint density at radius 3 is 2.57 bits per heavy atom. The van der Waals surface area contributed by atoms with Crippen LogP contribution in [0.15, 0.2) is 24.6 Å². The van der Waals surface area contributed by atoms with Crippen molar-refractivity contribution < 1.29 is 4.39 Å². The van der Waals surface area contributed by atoms with Crippen LogP contribution in [-0.4, -0.2) is 6.16 Å². The average molecular weight is 118 g/mol. The highest BCUT2D eigenvalue weighted by Crippen LogP contribution is 1.96. The number of halogens is 1. The third-order valence-electron chi connectivity index (χ3n) is 0.508. The maximum absolute atomic E-state index is 11.9. The van der Waals surface area contributed by atoms with Gasteiger partial charge in [0.05, 0.1) is 0 Å². The van der Waals surface area contributed by atoms with Crippen LogP contribution in [0.3, 0.4) is 0 Å². The fraction of sp³-hybridized carbons (Fsp3) is 0.200. The number of hydrogen-bond acceptors (Lipinski definition) is 0. The summed E-state index contributed by atoms with van der Waals surface area (Å²) in [5, 5.41) is 0. The first-order chi connectivity index (χ1) is 3.31. The van der Waals surface area contributed by atoms with Crippen LogP contribution in [0, 0.1) is 0 Å². The first-order valence-electron chi connectivity index (χ1n) is 1.99. The van der Waals surface area contributed by atoms with Crippen molar-refractivity contribution in [1.29, 1.82) is 0 Å². The molecule has 1 unspecified atom stereocenters. The van der Waals surface area contributed by atoms with Gasteiger partial charge in [-0.1, -0.05) is 6.58 Å². The lowest BCUT2D eigenvalue weighted by Crippen LogP contribution is -1.62. The quantitative estimate of drug-likeness (QED) is 0.383. The van der Waals surface area contributed by atoms with Crippen LogP contribution in [0.1, 0.15) is 0 Å². The van der Waals surface area contributed by atoms with Crippen LogP contribution in [0.5, 0.6) is 0 Å². The van der Waals surface area contributed by atoms with Crippen molar-refractivity contribution in [2.45, 2.75) is 0 Å². The molecule has 0 aliphatic heterocycles. The summed E-state index contributed by atoms with van der Waals surface area (Å²) in [7, 11) is 2.39. The lowest BCUT2D eigenvalue weighted by molar-refractivity contribution is 0.666. The highest BCUT2D eigenvalue weighted by molar-refractivity contribution is 7.16. The molecule has 0 N–H and O–H groups in total. The van der Waals surface area contributed by atoms with Crippen LogP contribution >= 0.6 is 9.24 Å². The fourth-order valence-corrected chi connectivity index (χ4v) is 0.421. The number of allylic oxidation sites excluding steroid dienone is 3. The van der Waals surface area contributed by atoms with Crippen molar-refractivity contribution in [1.82, 2.24) is 0 Å². The van der Waals surface area contributed by atoms with Crippen molar-refractivity contribution in [3.8, 4) is 0 Å². The molecule has 40 valence electrons. The largest absolute Gasteiger partial charge is 0.207 e. The van der Waals surface area contributed by atoms with Crippen LogP contribution in [0.25, 0.3) is 0 Å². The van der Waals surface area contributed by atoms with Gasteiger partial charge in [-0.25, -0.2) is 4.39 Å². The highest BCUT2D eigenvalue weighted by Gasteiger charge is 1.77. The van der Waals surface area contributed by atoms with E-state index in [9.17, 15) is 4.39 Å². The Balaban J connectivity index is 3.49. The van der Waals surface area contributed by atoms with Crippen molar-refractivity contribution in [2.75, 3.05) is 6.16 Å². The van der Waals surface area contributed by atoms with Gasteiger partial charge in [0.25, 0.3) is 0 Å². The van der Waals surface area contributed by atoms with E-state index in [1.54, 1.807) is 0 Å². The molecule has 0 fully saturated rings. The van der Waals surface area contributed by atoms with Gasteiger partial charge in [0, 0.05) is 0 Å². The van der Waals surface area contributed by atoms with Crippen molar-refractivity contribution in [2.24, 2.45) is 0 Å². The second kappa shape index (κ2) is 4.01. The van der Waals surface area contributed by atoms with Gasteiger partial charge in [-0.3, -0.25) is 0 Å². The van der Waals surface area contributed by atoms with E-state index in [1.165, 1.54) is 12.2 Å². The molecule has 0 nitrogen and oxygen atoms in total. The zero-order chi connectivity index (χ0) is 5.70. The minimum absolute atomic E-state index is 0.255. The summed E-state index contributed by atoms with van der Waals surface area (Å²) in [6.45, 7) is 3.23. The first-order valence-corrected chi connectivity index (χ1v) is 2.81. The van der Waals surface area contributed by atoms with Crippen LogP contribution in [0.4, 0.5) is 4.39 Å². The molecule has 0 aliphatic rings. The molecule has 0 bridgehead atoms. The molecule has 0 saturated heterocycles. The predicted molar refractivity (Wildman–Crippen MR) is 34.0 cm³/mol. The van der Waals surface area contributed by atoms with E-state index in [0.29, 0.717) is 6.16 Å².